The fraction of sp³-hybridized carbons (Fsp3) is 0.0213. The van der Waals surface area contributed by atoms with E-state index >= 15 is 0 Å². The summed E-state index contributed by atoms with van der Waals surface area (Å²) < 4.78 is 10.5. The number of aromatic nitrogens is 2. The van der Waals surface area contributed by atoms with Gasteiger partial charge in [0.2, 0.25) is 0 Å². The van der Waals surface area contributed by atoms with Crippen LogP contribution in [0.1, 0.15) is 0 Å². The highest BCUT2D eigenvalue weighted by Gasteiger charge is 2.13. The van der Waals surface area contributed by atoms with E-state index in [1.165, 1.54) is 45.9 Å². The monoisotopic (exact) mass is 720 g/mol. The van der Waals surface area contributed by atoms with E-state index in [4.69, 9.17) is 14.7 Å². The zero-order valence-corrected chi connectivity index (χ0v) is 30.4. The number of aromatic hydroxyl groups is 1. The number of hydrogen-bond donors (Lipinski definition) is 1. The lowest BCUT2D eigenvalue weighted by molar-refractivity contribution is 0.415. The molecule has 0 aliphatic carbocycles. The Bertz CT molecular complexity index is 2930. The van der Waals surface area contributed by atoms with Gasteiger partial charge in [-0.15, -0.1) is 22.7 Å². The topological polar surface area (TPSA) is 55.2 Å². The molecule has 0 aliphatic heterocycles. The molecule has 0 saturated heterocycles. The molecule has 6 aromatic carbocycles. The summed E-state index contributed by atoms with van der Waals surface area (Å²) in [5, 5.41) is 14.9. The van der Waals surface area contributed by atoms with Crippen LogP contribution in [0.4, 0.5) is 0 Å². The molecule has 0 radical (unpaired) electrons. The first kappa shape index (κ1) is 32.6. The van der Waals surface area contributed by atoms with Crippen LogP contribution in [0, 0.1) is 0 Å². The van der Waals surface area contributed by atoms with E-state index in [0.717, 1.165) is 45.2 Å². The van der Waals surface area contributed by atoms with Crippen LogP contribution in [0.5, 0.6) is 11.5 Å². The summed E-state index contributed by atoms with van der Waals surface area (Å²) in [7, 11) is 1.69. The smallest absolute Gasteiger partial charge is 0.119 e. The molecule has 10 rings (SSSR count). The number of rotatable bonds is 5. The third-order valence-electron chi connectivity index (χ3n) is 9.37. The van der Waals surface area contributed by atoms with E-state index in [1.807, 2.05) is 77.3 Å². The molecule has 10 aromatic rings. The molecule has 0 spiro atoms. The molecule has 0 bridgehead atoms. The molecule has 53 heavy (non-hydrogen) atoms. The molecule has 254 valence electrons. The first-order chi connectivity index (χ1) is 26.1. The van der Waals surface area contributed by atoms with Gasteiger partial charge in [-0.25, -0.2) is 9.97 Å². The van der Waals surface area contributed by atoms with Gasteiger partial charge in [-0.2, -0.15) is 0 Å². The predicted octanol–water partition coefficient (Wildman–Crippen LogP) is 13.3. The summed E-state index contributed by atoms with van der Waals surface area (Å²) in [5.74, 6) is 1.09. The van der Waals surface area contributed by atoms with Crippen molar-refractivity contribution < 1.29 is 9.84 Å². The number of phenolic OH excluding ortho intramolecular Hbond substituents is 1. The van der Waals surface area contributed by atoms with Gasteiger partial charge in [0.05, 0.1) is 29.9 Å². The fourth-order valence-electron chi connectivity index (χ4n) is 6.84. The second kappa shape index (κ2) is 14.0. The molecule has 0 amide bonds. The molecule has 0 saturated carbocycles. The largest absolute Gasteiger partial charge is 0.508 e. The number of hydrogen-bond acceptors (Lipinski definition) is 6. The summed E-state index contributed by atoms with van der Waals surface area (Å²) in [6, 6.07) is 57.5. The summed E-state index contributed by atoms with van der Waals surface area (Å²) >= 11 is 3.64. The third kappa shape index (κ3) is 6.29. The quantitative estimate of drug-likeness (QED) is 0.192. The van der Waals surface area contributed by atoms with E-state index in [0.29, 0.717) is 0 Å². The highest BCUT2D eigenvalue weighted by molar-refractivity contribution is 7.26. The second-order valence-electron chi connectivity index (χ2n) is 12.7. The summed E-state index contributed by atoms with van der Waals surface area (Å²) in [5.41, 5.74) is 8.04. The van der Waals surface area contributed by atoms with Gasteiger partial charge >= 0.3 is 0 Å². The molecule has 4 aromatic heterocycles. The van der Waals surface area contributed by atoms with Crippen molar-refractivity contribution in [1.82, 2.24) is 9.97 Å². The number of nitrogens with zero attached hydrogens (tertiary/aromatic N) is 2. The van der Waals surface area contributed by atoms with Gasteiger partial charge in [0.25, 0.3) is 0 Å². The van der Waals surface area contributed by atoms with Gasteiger partial charge in [-0.05, 0) is 60.7 Å². The van der Waals surface area contributed by atoms with Crippen molar-refractivity contribution in [3.63, 3.8) is 0 Å². The van der Waals surface area contributed by atoms with Crippen molar-refractivity contribution in [2.75, 3.05) is 7.11 Å². The van der Waals surface area contributed by atoms with Gasteiger partial charge in [0.15, 0.2) is 0 Å². The minimum Gasteiger partial charge on any atom is -0.508 e. The van der Waals surface area contributed by atoms with Crippen LogP contribution in [0.2, 0.25) is 0 Å². The van der Waals surface area contributed by atoms with Crippen LogP contribution in [0.15, 0.2) is 170 Å². The summed E-state index contributed by atoms with van der Waals surface area (Å²) in [6.45, 7) is 0. The maximum atomic E-state index is 9.76. The molecular formula is C47H32N2O2S2. The molecule has 0 atom stereocenters. The highest BCUT2D eigenvalue weighted by Crippen LogP contribution is 2.41. The van der Waals surface area contributed by atoms with Crippen molar-refractivity contribution in [1.29, 1.82) is 0 Å². The van der Waals surface area contributed by atoms with Gasteiger partial charge in [0, 0.05) is 62.6 Å². The van der Waals surface area contributed by atoms with Crippen molar-refractivity contribution >= 4 is 63.0 Å². The number of fused-ring (bicyclic) bond motifs is 6. The van der Waals surface area contributed by atoms with Crippen LogP contribution in [-0.2, 0) is 0 Å². The zero-order chi connectivity index (χ0) is 35.7. The highest BCUT2D eigenvalue weighted by atomic mass is 32.1. The standard InChI is InChI=1S/C24H17NOS.C23H15NOS/c1-26-17-8-4-7-16(15-17)21-12-6-13-22(25-21)20-11-5-10-19-18-9-2-3-14-23(18)27-24(19)20;25-16-7-3-6-15(14-16)20-11-5-12-21(24-20)19-10-4-9-18-17-8-1-2-13-22(17)26-23(18)19/h2-15H,1H3;1-14,25H. The van der Waals surface area contributed by atoms with Crippen LogP contribution in [-0.4, -0.2) is 22.2 Å². The Morgan fingerprint density at radius 3 is 1.43 bits per heavy atom. The van der Waals surface area contributed by atoms with Crippen molar-refractivity contribution in [3.05, 3.63) is 170 Å². The minimum atomic E-state index is 0.251. The van der Waals surface area contributed by atoms with Gasteiger partial charge < -0.3 is 9.84 Å². The number of pyridine rings is 2. The molecule has 0 aliphatic rings. The molecule has 4 heterocycles. The number of ether oxygens (including phenoxy) is 1. The number of phenols is 1. The Kier molecular flexibility index (Phi) is 8.60. The fourth-order valence-corrected chi connectivity index (χ4v) is 9.29. The van der Waals surface area contributed by atoms with Gasteiger partial charge in [-0.1, -0.05) is 109 Å². The van der Waals surface area contributed by atoms with E-state index in [-0.39, 0.29) is 5.75 Å². The van der Waals surface area contributed by atoms with Crippen LogP contribution in [0.25, 0.3) is 85.4 Å². The molecule has 4 nitrogen and oxygen atoms in total. The maximum absolute atomic E-state index is 9.76. The number of methoxy groups -OCH3 is 1. The van der Waals surface area contributed by atoms with E-state index in [2.05, 4.69) is 103 Å². The lowest BCUT2D eigenvalue weighted by Gasteiger charge is -2.07. The molecular weight excluding hydrogens is 689 g/mol. The Morgan fingerprint density at radius 2 is 0.887 bits per heavy atom. The van der Waals surface area contributed by atoms with Gasteiger partial charge in [-0.3, -0.25) is 0 Å². The predicted molar refractivity (Wildman–Crippen MR) is 224 cm³/mol. The van der Waals surface area contributed by atoms with Gasteiger partial charge in [0.1, 0.15) is 11.5 Å². The average Bonchev–Trinajstić information content (AvgIpc) is 3.80. The van der Waals surface area contributed by atoms with E-state index in [9.17, 15) is 5.11 Å². The Labute approximate surface area is 314 Å². The van der Waals surface area contributed by atoms with Crippen LogP contribution >= 0.6 is 22.7 Å². The minimum absolute atomic E-state index is 0.251. The lowest BCUT2D eigenvalue weighted by atomic mass is 10.1. The number of benzene rings is 6. The molecule has 1 N–H and O–H groups in total. The first-order valence-corrected chi connectivity index (χ1v) is 19.0. The third-order valence-corrected chi connectivity index (χ3v) is 11.8. The second-order valence-corrected chi connectivity index (χ2v) is 14.8. The average molecular weight is 721 g/mol. The Morgan fingerprint density at radius 1 is 0.434 bits per heavy atom. The normalized spacial score (nSPS) is 11.2. The molecule has 6 heteroatoms. The Hall–Kier alpha value is -6.34. The Balaban J connectivity index is 0.000000141. The van der Waals surface area contributed by atoms with Crippen LogP contribution < -0.4 is 4.74 Å². The first-order valence-electron chi connectivity index (χ1n) is 17.3. The molecule has 0 unspecified atom stereocenters. The number of thiophene rings is 2. The summed E-state index contributed by atoms with van der Waals surface area (Å²) in [6.07, 6.45) is 0. The van der Waals surface area contributed by atoms with Crippen molar-refractivity contribution in [3.8, 4) is 56.5 Å². The van der Waals surface area contributed by atoms with Crippen molar-refractivity contribution in [2.24, 2.45) is 0 Å². The SMILES string of the molecule is COc1cccc(-c2cccc(-c3cccc4c3sc3ccccc34)n2)c1.Oc1cccc(-c2cccc(-c3cccc4c3sc3ccccc34)n2)c1. The van der Waals surface area contributed by atoms with Crippen molar-refractivity contribution in [2.45, 2.75) is 0 Å². The lowest BCUT2D eigenvalue weighted by Crippen LogP contribution is -1.89. The van der Waals surface area contributed by atoms with E-state index < -0.39 is 0 Å². The summed E-state index contributed by atoms with van der Waals surface area (Å²) in [4.78, 5) is 9.83. The zero-order valence-electron chi connectivity index (χ0n) is 28.7. The maximum Gasteiger partial charge on any atom is 0.119 e. The van der Waals surface area contributed by atoms with Crippen LogP contribution in [0.3, 0.4) is 0 Å². The van der Waals surface area contributed by atoms with E-state index in [1.54, 1.807) is 19.2 Å². The molecule has 0 fully saturated rings.